The van der Waals surface area contributed by atoms with Gasteiger partial charge in [-0.25, -0.2) is 0 Å². The zero-order valence-corrected chi connectivity index (χ0v) is 17.1. The molecule has 0 bridgehead atoms. The van der Waals surface area contributed by atoms with E-state index >= 15 is 0 Å². The van der Waals surface area contributed by atoms with Gasteiger partial charge in [-0.1, -0.05) is 11.6 Å². The second kappa shape index (κ2) is 7.47. The zero-order chi connectivity index (χ0) is 19.8. The summed E-state index contributed by atoms with van der Waals surface area (Å²) in [5.74, 6) is 0.427. The van der Waals surface area contributed by atoms with Crippen molar-refractivity contribution in [3.8, 4) is 0 Å². The fourth-order valence-electron chi connectivity index (χ4n) is 3.66. The quantitative estimate of drug-likeness (QED) is 0.669. The van der Waals surface area contributed by atoms with Gasteiger partial charge in [-0.2, -0.15) is 10.1 Å². The first-order valence-electron chi connectivity index (χ1n) is 9.48. The van der Waals surface area contributed by atoms with Crippen LogP contribution in [0.1, 0.15) is 29.0 Å². The number of fused-ring (bicyclic) bond motifs is 1. The molecule has 0 radical (unpaired) electrons. The SMILES string of the molecule is Cc1cc(C(=O)N(C)CC2CCN(c3nc4cc(Cl)ccc4o3)CC2)nn1C. The van der Waals surface area contributed by atoms with Crippen molar-refractivity contribution in [3.63, 3.8) is 0 Å². The third-order valence-electron chi connectivity index (χ3n) is 5.44. The van der Waals surface area contributed by atoms with E-state index in [1.165, 1.54) is 0 Å². The van der Waals surface area contributed by atoms with Gasteiger partial charge in [0, 0.05) is 44.4 Å². The van der Waals surface area contributed by atoms with Crippen LogP contribution in [0, 0.1) is 12.8 Å². The van der Waals surface area contributed by atoms with Crippen LogP contribution in [0.2, 0.25) is 5.02 Å². The minimum Gasteiger partial charge on any atom is -0.423 e. The van der Waals surface area contributed by atoms with Gasteiger partial charge < -0.3 is 14.2 Å². The Morgan fingerprint density at radius 1 is 1.32 bits per heavy atom. The smallest absolute Gasteiger partial charge is 0.298 e. The van der Waals surface area contributed by atoms with Crippen LogP contribution in [0.15, 0.2) is 28.7 Å². The number of rotatable bonds is 4. The van der Waals surface area contributed by atoms with E-state index < -0.39 is 0 Å². The second-order valence-corrected chi connectivity index (χ2v) is 7.96. The molecule has 0 N–H and O–H groups in total. The van der Waals surface area contributed by atoms with Gasteiger partial charge in [0.1, 0.15) is 5.52 Å². The van der Waals surface area contributed by atoms with Crippen LogP contribution in [0.5, 0.6) is 0 Å². The fourth-order valence-corrected chi connectivity index (χ4v) is 3.83. The number of oxazole rings is 1. The number of piperidine rings is 1. The lowest BCUT2D eigenvalue weighted by Gasteiger charge is -2.32. The van der Waals surface area contributed by atoms with Gasteiger partial charge in [-0.15, -0.1) is 0 Å². The van der Waals surface area contributed by atoms with Crippen LogP contribution < -0.4 is 4.90 Å². The van der Waals surface area contributed by atoms with Crippen molar-refractivity contribution in [1.29, 1.82) is 0 Å². The summed E-state index contributed by atoms with van der Waals surface area (Å²) in [6.07, 6.45) is 1.97. The van der Waals surface area contributed by atoms with E-state index in [1.807, 2.05) is 39.2 Å². The molecule has 1 aromatic carbocycles. The number of benzene rings is 1. The lowest BCUT2D eigenvalue weighted by molar-refractivity contribution is 0.0758. The van der Waals surface area contributed by atoms with E-state index in [1.54, 1.807) is 15.6 Å². The van der Waals surface area contributed by atoms with Gasteiger partial charge in [-0.3, -0.25) is 9.48 Å². The first kappa shape index (κ1) is 18.8. The first-order chi connectivity index (χ1) is 13.4. The molecule has 1 amide bonds. The van der Waals surface area contributed by atoms with Crippen molar-refractivity contribution in [2.24, 2.45) is 13.0 Å². The van der Waals surface area contributed by atoms with E-state index in [0.29, 0.717) is 22.6 Å². The number of amides is 1. The van der Waals surface area contributed by atoms with Crippen LogP contribution in [-0.2, 0) is 7.05 Å². The predicted octanol–water partition coefficient (Wildman–Crippen LogP) is 3.51. The molecule has 2 aromatic heterocycles. The molecule has 28 heavy (non-hydrogen) atoms. The fraction of sp³-hybridized carbons (Fsp3) is 0.450. The molecule has 3 heterocycles. The number of aromatic nitrogens is 3. The monoisotopic (exact) mass is 401 g/mol. The van der Waals surface area contributed by atoms with Crippen LogP contribution in [0.4, 0.5) is 6.01 Å². The Bertz CT molecular complexity index is 984. The number of carbonyl (C=O) groups excluding carboxylic acids is 1. The summed E-state index contributed by atoms with van der Waals surface area (Å²) in [5, 5.41) is 4.94. The summed E-state index contributed by atoms with van der Waals surface area (Å²) >= 11 is 6.03. The highest BCUT2D eigenvalue weighted by atomic mass is 35.5. The molecule has 148 valence electrons. The Morgan fingerprint density at radius 2 is 2.07 bits per heavy atom. The maximum atomic E-state index is 12.6. The molecular formula is C20H24ClN5O2. The Labute approximate surface area is 168 Å². The number of carbonyl (C=O) groups is 1. The summed E-state index contributed by atoms with van der Waals surface area (Å²) in [5.41, 5.74) is 3.01. The highest BCUT2D eigenvalue weighted by molar-refractivity contribution is 6.31. The summed E-state index contributed by atoms with van der Waals surface area (Å²) in [6.45, 7) is 4.39. The molecular weight excluding hydrogens is 378 g/mol. The molecule has 1 aliphatic heterocycles. The standard InChI is InChI=1S/C20H24ClN5O2/c1-13-10-17(23-25(13)3)19(27)24(2)12-14-6-8-26(9-7-14)20-22-16-11-15(21)4-5-18(16)28-20/h4-5,10-11,14H,6-9,12H2,1-3H3. The molecule has 0 aliphatic carbocycles. The van der Waals surface area contributed by atoms with Gasteiger partial charge in [0.05, 0.1) is 0 Å². The number of hydrogen-bond acceptors (Lipinski definition) is 5. The third kappa shape index (κ3) is 3.71. The normalized spacial score (nSPS) is 15.4. The van der Waals surface area contributed by atoms with Crippen molar-refractivity contribution < 1.29 is 9.21 Å². The molecule has 8 heteroatoms. The van der Waals surface area contributed by atoms with Gasteiger partial charge in [0.25, 0.3) is 11.9 Å². The van der Waals surface area contributed by atoms with Crippen molar-refractivity contribution in [2.75, 3.05) is 31.6 Å². The maximum Gasteiger partial charge on any atom is 0.298 e. The average molecular weight is 402 g/mol. The Morgan fingerprint density at radius 3 is 2.75 bits per heavy atom. The summed E-state index contributed by atoms with van der Waals surface area (Å²) in [6, 6.07) is 7.95. The number of anilines is 1. The molecule has 0 atom stereocenters. The van der Waals surface area contributed by atoms with E-state index in [0.717, 1.165) is 49.3 Å². The minimum atomic E-state index is -0.0260. The molecule has 4 rings (SSSR count). The van der Waals surface area contributed by atoms with E-state index in [4.69, 9.17) is 16.0 Å². The van der Waals surface area contributed by atoms with Crippen molar-refractivity contribution in [2.45, 2.75) is 19.8 Å². The first-order valence-corrected chi connectivity index (χ1v) is 9.85. The van der Waals surface area contributed by atoms with Crippen LogP contribution >= 0.6 is 11.6 Å². The summed E-state index contributed by atoms with van der Waals surface area (Å²) < 4.78 is 7.60. The van der Waals surface area contributed by atoms with Crippen LogP contribution in [0.3, 0.4) is 0 Å². The minimum absolute atomic E-state index is 0.0260. The molecule has 3 aromatic rings. The number of hydrogen-bond donors (Lipinski definition) is 0. The Balaban J connectivity index is 1.35. The summed E-state index contributed by atoms with van der Waals surface area (Å²) in [7, 11) is 3.70. The van der Waals surface area contributed by atoms with Crippen LogP contribution in [0.25, 0.3) is 11.1 Å². The lowest BCUT2D eigenvalue weighted by atomic mass is 9.96. The van der Waals surface area contributed by atoms with Gasteiger partial charge in [0.2, 0.25) is 0 Å². The number of halogens is 1. The van der Waals surface area contributed by atoms with E-state index in [-0.39, 0.29) is 5.91 Å². The topological polar surface area (TPSA) is 67.4 Å². The lowest BCUT2D eigenvalue weighted by Crippen LogP contribution is -2.39. The Kier molecular flexibility index (Phi) is 5.02. The molecule has 7 nitrogen and oxygen atoms in total. The van der Waals surface area contributed by atoms with Crippen molar-refractivity contribution in [3.05, 3.63) is 40.7 Å². The van der Waals surface area contributed by atoms with Gasteiger partial charge in [-0.05, 0) is 49.9 Å². The van der Waals surface area contributed by atoms with Crippen LogP contribution in [-0.4, -0.2) is 52.3 Å². The number of aryl methyl sites for hydroxylation is 2. The molecule has 0 spiro atoms. The maximum absolute atomic E-state index is 12.6. The summed E-state index contributed by atoms with van der Waals surface area (Å²) in [4.78, 5) is 21.1. The molecule has 1 aliphatic rings. The zero-order valence-electron chi connectivity index (χ0n) is 16.4. The molecule has 0 unspecified atom stereocenters. The Hall–Kier alpha value is -2.54. The molecule has 1 saturated heterocycles. The highest BCUT2D eigenvalue weighted by Crippen LogP contribution is 2.28. The van der Waals surface area contributed by atoms with Crippen molar-refractivity contribution >= 4 is 34.6 Å². The molecule has 1 fully saturated rings. The predicted molar refractivity (Wildman–Crippen MR) is 109 cm³/mol. The highest BCUT2D eigenvalue weighted by Gasteiger charge is 2.25. The van der Waals surface area contributed by atoms with Crippen molar-refractivity contribution in [1.82, 2.24) is 19.7 Å². The van der Waals surface area contributed by atoms with E-state index in [2.05, 4.69) is 15.0 Å². The van der Waals surface area contributed by atoms with Gasteiger partial charge in [0.15, 0.2) is 11.3 Å². The third-order valence-corrected chi connectivity index (χ3v) is 5.67. The number of nitrogens with zero attached hydrogens (tertiary/aromatic N) is 5. The second-order valence-electron chi connectivity index (χ2n) is 7.52. The van der Waals surface area contributed by atoms with E-state index in [9.17, 15) is 4.79 Å². The average Bonchev–Trinajstić information content (AvgIpc) is 3.24. The van der Waals surface area contributed by atoms with Gasteiger partial charge >= 0.3 is 0 Å². The molecule has 0 saturated carbocycles. The largest absolute Gasteiger partial charge is 0.423 e.